The number of nitrogens with zero attached hydrogens (tertiary/aromatic N) is 2. The van der Waals surface area contributed by atoms with Gasteiger partial charge < -0.3 is 9.47 Å². The molecule has 6 nitrogen and oxygen atoms in total. The Morgan fingerprint density at radius 1 is 1.02 bits per heavy atom. The van der Waals surface area contributed by atoms with Gasteiger partial charge in [0.1, 0.15) is 12.4 Å². The maximum Gasteiger partial charge on any atom is 0.338 e. The molecule has 2 heterocycles. The maximum absolute atomic E-state index is 14.3. The van der Waals surface area contributed by atoms with E-state index in [1.807, 2.05) is 91.0 Å². The molecule has 0 amide bonds. The first kappa shape index (κ1) is 29.3. The Morgan fingerprint density at radius 3 is 2.56 bits per heavy atom. The lowest BCUT2D eigenvalue weighted by atomic mass is 9.91. The number of carbonyl (C=O) groups is 1. The van der Waals surface area contributed by atoms with E-state index < -0.39 is 12.0 Å². The fourth-order valence-electron chi connectivity index (χ4n) is 5.29. The first-order valence-corrected chi connectivity index (χ1v) is 16.1. The van der Waals surface area contributed by atoms with Crippen molar-refractivity contribution >= 4 is 66.0 Å². The number of rotatable bonds is 7. The standard InChI is InChI=1S/C34H26Br2N2O4S/c1-3-41-33(40)29-20(2)37-34-38(30(29)26-15-9-13-22-12-7-8-14-25(22)26)32(39)28(43-34)17-23-16-24(35)18-27(36)31(23)42-19-21-10-5-4-6-11-21/h4-18,30H,3,19H2,1-2H3/b28-17-/t30-/m0/s1. The fourth-order valence-corrected chi connectivity index (χ4v) is 7.70. The van der Waals surface area contributed by atoms with Gasteiger partial charge >= 0.3 is 5.97 Å². The summed E-state index contributed by atoms with van der Waals surface area (Å²) in [5.74, 6) is 0.135. The zero-order valence-corrected chi connectivity index (χ0v) is 27.3. The second-order valence-electron chi connectivity index (χ2n) is 9.95. The van der Waals surface area contributed by atoms with Gasteiger partial charge in [-0.2, -0.15) is 0 Å². The van der Waals surface area contributed by atoms with Crippen molar-refractivity contribution < 1.29 is 14.3 Å². The van der Waals surface area contributed by atoms with Crippen molar-refractivity contribution in [3.8, 4) is 5.75 Å². The SMILES string of the molecule is CCOC(=O)C1=C(C)N=c2s/c(=C\c3cc(Br)cc(Br)c3OCc3ccccc3)c(=O)n2[C@H]1c1cccc2ccccc12. The van der Waals surface area contributed by atoms with Gasteiger partial charge in [0, 0.05) is 10.0 Å². The smallest absolute Gasteiger partial charge is 0.338 e. The minimum absolute atomic E-state index is 0.214. The summed E-state index contributed by atoms with van der Waals surface area (Å²) in [6.07, 6.45) is 1.82. The molecule has 0 N–H and O–H groups in total. The largest absolute Gasteiger partial charge is 0.487 e. The maximum atomic E-state index is 14.3. The van der Waals surface area contributed by atoms with Gasteiger partial charge in [0.05, 0.1) is 32.9 Å². The molecule has 0 aliphatic carbocycles. The molecule has 0 bridgehead atoms. The van der Waals surface area contributed by atoms with Crippen LogP contribution in [0.25, 0.3) is 16.8 Å². The number of esters is 1. The van der Waals surface area contributed by atoms with Gasteiger partial charge in [-0.15, -0.1) is 0 Å². The van der Waals surface area contributed by atoms with Crippen molar-refractivity contribution in [1.29, 1.82) is 0 Å². The van der Waals surface area contributed by atoms with Crippen LogP contribution >= 0.6 is 43.2 Å². The van der Waals surface area contributed by atoms with Crippen LogP contribution in [0.15, 0.2) is 115 Å². The summed E-state index contributed by atoms with van der Waals surface area (Å²) in [5.41, 5.74) is 3.22. The Kier molecular flexibility index (Phi) is 8.47. The van der Waals surface area contributed by atoms with Crippen molar-refractivity contribution in [3.05, 3.63) is 142 Å². The highest BCUT2D eigenvalue weighted by molar-refractivity contribution is 9.11. The molecule has 43 heavy (non-hydrogen) atoms. The summed E-state index contributed by atoms with van der Waals surface area (Å²) in [4.78, 5) is 32.9. The molecule has 216 valence electrons. The first-order chi connectivity index (χ1) is 20.9. The number of carbonyl (C=O) groups excluding carboxylic acids is 1. The molecule has 9 heteroatoms. The molecule has 0 spiro atoms. The molecule has 1 aliphatic heterocycles. The molecule has 5 aromatic rings. The highest BCUT2D eigenvalue weighted by Crippen LogP contribution is 2.36. The van der Waals surface area contributed by atoms with Crippen molar-refractivity contribution in [2.75, 3.05) is 6.61 Å². The second-order valence-corrected chi connectivity index (χ2v) is 12.7. The number of thiazole rings is 1. The minimum atomic E-state index is -0.702. The quantitative estimate of drug-likeness (QED) is 0.169. The third-order valence-electron chi connectivity index (χ3n) is 7.18. The zero-order valence-electron chi connectivity index (χ0n) is 23.3. The number of ether oxygens (including phenoxy) is 2. The summed E-state index contributed by atoms with van der Waals surface area (Å²) in [7, 11) is 0. The Labute approximate surface area is 268 Å². The fraction of sp³-hybridized carbons (Fsp3) is 0.147. The van der Waals surface area contributed by atoms with E-state index in [1.54, 1.807) is 18.4 Å². The van der Waals surface area contributed by atoms with Crippen LogP contribution in [0, 0.1) is 0 Å². The van der Waals surface area contributed by atoms with E-state index in [1.165, 1.54) is 11.3 Å². The van der Waals surface area contributed by atoms with Crippen LogP contribution in [-0.4, -0.2) is 17.1 Å². The van der Waals surface area contributed by atoms with E-state index >= 15 is 0 Å². The minimum Gasteiger partial charge on any atom is -0.487 e. The molecule has 1 aliphatic rings. The lowest BCUT2D eigenvalue weighted by Crippen LogP contribution is -2.40. The van der Waals surface area contributed by atoms with Gasteiger partial charge in [-0.05, 0) is 69.9 Å². The molecule has 0 saturated heterocycles. The van der Waals surface area contributed by atoms with Gasteiger partial charge in [-0.1, -0.05) is 100 Å². The predicted octanol–water partition coefficient (Wildman–Crippen LogP) is 7.06. The number of fused-ring (bicyclic) bond motifs is 2. The van der Waals surface area contributed by atoms with Crippen LogP contribution in [-0.2, 0) is 16.1 Å². The molecule has 1 atom stereocenters. The lowest BCUT2D eigenvalue weighted by molar-refractivity contribution is -0.139. The van der Waals surface area contributed by atoms with Crippen LogP contribution in [0.5, 0.6) is 5.75 Å². The molecule has 6 rings (SSSR count). The van der Waals surface area contributed by atoms with Crippen LogP contribution in [0.2, 0.25) is 0 Å². The van der Waals surface area contributed by atoms with E-state index in [0.717, 1.165) is 36.4 Å². The third kappa shape index (κ3) is 5.77. The summed E-state index contributed by atoms with van der Waals surface area (Å²) in [5, 5.41) is 1.97. The number of allylic oxidation sites excluding steroid dienone is 1. The summed E-state index contributed by atoms with van der Waals surface area (Å²) >= 11 is 8.50. The zero-order chi connectivity index (χ0) is 30.1. The number of benzene rings is 4. The Bertz CT molecular complexity index is 2080. The topological polar surface area (TPSA) is 69.9 Å². The summed E-state index contributed by atoms with van der Waals surface area (Å²) in [6, 6.07) is 26.9. The first-order valence-electron chi connectivity index (χ1n) is 13.7. The van der Waals surface area contributed by atoms with Gasteiger partial charge in [0.15, 0.2) is 4.80 Å². The lowest BCUT2D eigenvalue weighted by Gasteiger charge is -2.25. The Balaban J connectivity index is 1.54. The average Bonchev–Trinajstić information content (AvgIpc) is 3.30. The van der Waals surface area contributed by atoms with Crippen molar-refractivity contribution in [2.24, 2.45) is 4.99 Å². The normalized spacial score (nSPS) is 14.9. The molecule has 1 aromatic heterocycles. The summed E-state index contributed by atoms with van der Waals surface area (Å²) < 4.78 is 15.4. The predicted molar refractivity (Wildman–Crippen MR) is 177 cm³/mol. The number of hydrogen-bond acceptors (Lipinski definition) is 6. The summed E-state index contributed by atoms with van der Waals surface area (Å²) in [6.45, 7) is 4.14. The number of hydrogen-bond donors (Lipinski definition) is 0. The molecule has 0 saturated carbocycles. The van der Waals surface area contributed by atoms with Crippen LogP contribution in [0.4, 0.5) is 0 Å². The average molecular weight is 718 g/mol. The third-order valence-corrected chi connectivity index (χ3v) is 9.21. The van der Waals surface area contributed by atoms with Crippen LogP contribution in [0.3, 0.4) is 0 Å². The Hall–Kier alpha value is -3.79. The highest BCUT2D eigenvalue weighted by Gasteiger charge is 2.34. The van der Waals surface area contributed by atoms with Crippen LogP contribution < -0.4 is 19.6 Å². The van der Waals surface area contributed by atoms with E-state index in [2.05, 4.69) is 31.9 Å². The molecule has 4 aromatic carbocycles. The van der Waals surface area contributed by atoms with E-state index in [0.29, 0.717) is 33.0 Å². The van der Waals surface area contributed by atoms with E-state index in [4.69, 9.17) is 14.5 Å². The van der Waals surface area contributed by atoms with Gasteiger partial charge in [0.2, 0.25) is 0 Å². The molecular weight excluding hydrogens is 692 g/mol. The molecular formula is C34H26Br2N2O4S. The molecule has 0 radical (unpaired) electrons. The molecule has 0 fully saturated rings. The van der Waals surface area contributed by atoms with Crippen LogP contribution in [0.1, 0.15) is 36.6 Å². The van der Waals surface area contributed by atoms with Gasteiger partial charge in [-0.25, -0.2) is 9.79 Å². The molecule has 0 unspecified atom stereocenters. The van der Waals surface area contributed by atoms with Crippen molar-refractivity contribution in [1.82, 2.24) is 4.57 Å². The number of halogens is 2. The van der Waals surface area contributed by atoms with Crippen molar-refractivity contribution in [2.45, 2.75) is 26.5 Å². The number of aromatic nitrogens is 1. The Morgan fingerprint density at radius 2 is 1.77 bits per heavy atom. The van der Waals surface area contributed by atoms with Crippen molar-refractivity contribution in [3.63, 3.8) is 0 Å². The van der Waals surface area contributed by atoms with Gasteiger partial charge in [-0.3, -0.25) is 9.36 Å². The highest BCUT2D eigenvalue weighted by atomic mass is 79.9. The van der Waals surface area contributed by atoms with E-state index in [9.17, 15) is 9.59 Å². The monoisotopic (exact) mass is 716 g/mol. The van der Waals surface area contributed by atoms with Gasteiger partial charge in [0.25, 0.3) is 5.56 Å². The second kappa shape index (κ2) is 12.4. The van der Waals surface area contributed by atoms with E-state index in [-0.39, 0.29) is 12.2 Å².